The third-order valence-corrected chi connectivity index (χ3v) is 3.72. The molecule has 0 amide bonds. The molecule has 1 unspecified atom stereocenters. The number of nitrogens with zero attached hydrogens (tertiary/aromatic N) is 2. The molecular weight excluding hydrogens is 266 g/mol. The summed E-state index contributed by atoms with van der Waals surface area (Å²) in [6, 6.07) is 3.25. The lowest BCUT2D eigenvalue weighted by Crippen LogP contribution is -2.48. The first-order valence-corrected chi connectivity index (χ1v) is 6.60. The van der Waals surface area contributed by atoms with E-state index in [4.69, 9.17) is 5.11 Å². The van der Waals surface area contributed by atoms with Crippen molar-refractivity contribution in [3.05, 3.63) is 35.4 Å². The van der Waals surface area contributed by atoms with E-state index < -0.39 is 17.6 Å². The van der Waals surface area contributed by atoms with Gasteiger partial charge in [-0.2, -0.15) is 0 Å². The highest BCUT2D eigenvalue weighted by atomic mass is 19.1. The first kappa shape index (κ1) is 14.9. The molecule has 0 bridgehead atoms. The summed E-state index contributed by atoms with van der Waals surface area (Å²) in [5.74, 6) is -1.70. The van der Waals surface area contributed by atoms with Gasteiger partial charge in [0, 0.05) is 37.8 Å². The molecule has 1 saturated heterocycles. The minimum atomic E-state index is -0.845. The third-order valence-electron chi connectivity index (χ3n) is 3.72. The molecule has 1 N–H and O–H groups in total. The van der Waals surface area contributed by atoms with Gasteiger partial charge in [0.2, 0.25) is 0 Å². The van der Waals surface area contributed by atoms with Crippen LogP contribution >= 0.6 is 0 Å². The van der Waals surface area contributed by atoms with Crippen LogP contribution in [0.5, 0.6) is 0 Å². The van der Waals surface area contributed by atoms with Crippen molar-refractivity contribution in [1.29, 1.82) is 0 Å². The molecule has 1 heterocycles. The Kier molecular flexibility index (Phi) is 4.67. The predicted molar refractivity (Wildman–Crippen MR) is 70.4 cm³/mol. The molecule has 6 heteroatoms. The summed E-state index contributed by atoms with van der Waals surface area (Å²) in [6.45, 7) is 4.39. The Morgan fingerprint density at radius 1 is 1.30 bits per heavy atom. The van der Waals surface area contributed by atoms with Crippen LogP contribution in [-0.2, 0) is 4.79 Å². The minimum Gasteiger partial charge on any atom is -0.480 e. The Bertz CT molecular complexity index is 488. The summed E-state index contributed by atoms with van der Waals surface area (Å²) >= 11 is 0. The number of aliphatic carboxylic acids is 1. The van der Waals surface area contributed by atoms with Gasteiger partial charge in [0.1, 0.15) is 11.6 Å². The molecule has 1 aromatic rings. The van der Waals surface area contributed by atoms with Crippen LogP contribution in [0.25, 0.3) is 0 Å². The van der Waals surface area contributed by atoms with Crippen LogP contribution in [0, 0.1) is 11.6 Å². The average molecular weight is 284 g/mol. The highest BCUT2D eigenvalue weighted by Crippen LogP contribution is 2.24. The van der Waals surface area contributed by atoms with Crippen molar-refractivity contribution >= 4 is 5.97 Å². The van der Waals surface area contributed by atoms with Gasteiger partial charge in [-0.3, -0.25) is 14.6 Å². The Balaban J connectivity index is 1.99. The number of halogens is 2. The number of carboxylic acid groups (broad SMARTS) is 1. The maximum Gasteiger partial charge on any atom is 0.317 e. The second kappa shape index (κ2) is 6.28. The van der Waals surface area contributed by atoms with Crippen molar-refractivity contribution in [3.63, 3.8) is 0 Å². The maximum atomic E-state index is 13.7. The number of carbonyl (C=O) groups is 1. The largest absolute Gasteiger partial charge is 0.480 e. The highest BCUT2D eigenvalue weighted by molar-refractivity contribution is 5.69. The van der Waals surface area contributed by atoms with Crippen LogP contribution in [0.1, 0.15) is 18.5 Å². The fraction of sp³-hybridized carbons (Fsp3) is 0.500. The van der Waals surface area contributed by atoms with E-state index in [2.05, 4.69) is 0 Å². The molecule has 20 heavy (non-hydrogen) atoms. The summed E-state index contributed by atoms with van der Waals surface area (Å²) in [6.07, 6.45) is 0. The molecule has 4 nitrogen and oxygen atoms in total. The fourth-order valence-corrected chi connectivity index (χ4v) is 2.53. The topological polar surface area (TPSA) is 43.8 Å². The van der Waals surface area contributed by atoms with E-state index in [-0.39, 0.29) is 12.6 Å². The Labute approximate surface area is 116 Å². The first-order chi connectivity index (χ1) is 9.47. The monoisotopic (exact) mass is 284 g/mol. The lowest BCUT2D eigenvalue weighted by molar-refractivity contribution is -0.138. The molecule has 1 atom stereocenters. The Morgan fingerprint density at radius 2 is 1.95 bits per heavy atom. The van der Waals surface area contributed by atoms with E-state index in [9.17, 15) is 13.6 Å². The van der Waals surface area contributed by atoms with Gasteiger partial charge in [-0.1, -0.05) is 0 Å². The van der Waals surface area contributed by atoms with Gasteiger partial charge in [-0.15, -0.1) is 0 Å². The minimum absolute atomic E-state index is 0.0244. The maximum absolute atomic E-state index is 13.7. The Hall–Kier alpha value is -1.53. The quantitative estimate of drug-likeness (QED) is 0.914. The molecular formula is C14H18F2N2O2. The van der Waals surface area contributed by atoms with Crippen molar-refractivity contribution in [3.8, 4) is 0 Å². The molecule has 0 aromatic heterocycles. The zero-order valence-electron chi connectivity index (χ0n) is 11.4. The van der Waals surface area contributed by atoms with E-state index in [1.54, 1.807) is 0 Å². The number of carboxylic acids is 1. The van der Waals surface area contributed by atoms with Crippen molar-refractivity contribution < 1.29 is 18.7 Å². The predicted octanol–water partition coefficient (Wildman–Crippen LogP) is 1.73. The zero-order valence-corrected chi connectivity index (χ0v) is 11.4. The molecule has 1 aliphatic heterocycles. The van der Waals surface area contributed by atoms with Crippen LogP contribution in [0.3, 0.4) is 0 Å². The molecule has 1 aliphatic rings. The standard InChI is InChI=1S/C14H18F2N2O2/c1-10(12-8-11(15)2-3-13(12)16)18-6-4-17(5-7-18)9-14(19)20/h2-3,8,10H,4-7,9H2,1H3,(H,19,20). The summed E-state index contributed by atoms with van der Waals surface area (Å²) in [7, 11) is 0. The van der Waals surface area contributed by atoms with E-state index in [1.165, 1.54) is 6.07 Å². The van der Waals surface area contributed by atoms with Gasteiger partial charge in [0.15, 0.2) is 0 Å². The SMILES string of the molecule is CC(c1cc(F)ccc1F)N1CCN(CC(=O)O)CC1. The number of hydrogen-bond acceptors (Lipinski definition) is 3. The van der Waals surface area contributed by atoms with Gasteiger partial charge in [-0.25, -0.2) is 8.78 Å². The Morgan fingerprint density at radius 3 is 2.55 bits per heavy atom. The van der Waals surface area contributed by atoms with Crippen LogP contribution in [-0.4, -0.2) is 53.6 Å². The van der Waals surface area contributed by atoms with Gasteiger partial charge in [-0.05, 0) is 25.1 Å². The molecule has 2 rings (SSSR count). The fourth-order valence-electron chi connectivity index (χ4n) is 2.53. The van der Waals surface area contributed by atoms with E-state index in [0.29, 0.717) is 31.7 Å². The second-order valence-corrected chi connectivity index (χ2v) is 5.05. The molecule has 0 spiro atoms. The lowest BCUT2D eigenvalue weighted by atomic mass is 10.1. The van der Waals surface area contributed by atoms with Gasteiger partial charge in [0.05, 0.1) is 6.54 Å². The third kappa shape index (κ3) is 3.52. The summed E-state index contributed by atoms with van der Waals surface area (Å²) in [5.41, 5.74) is 0.344. The van der Waals surface area contributed by atoms with Crippen molar-refractivity contribution in [2.45, 2.75) is 13.0 Å². The molecule has 0 saturated carbocycles. The normalized spacial score (nSPS) is 18.9. The van der Waals surface area contributed by atoms with Crippen molar-refractivity contribution in [2.24, 2.45) is 0 Å². The van der Waals surface area contributed by atoms with Gasteiger partial charge >= 0.3 is 5.97 Å². The van der Waals surface area contributed by atoms with E-state index in [1.807, 2.05) is 16.7 Å². The van der Waals surface area contributed by atoms with E-state index >= 15 is 0 Å². The average Bonchev–Trinajstić information content (AvgIpc) is 2.41. The summed E-state index contributed by atoms with van der Waals surface area (Å²) in [4.78, 5) is 14.5. The van der Waals surface area contributed by atoms with Crippen LogP contribution in [0.4, 0.5) is 8.78 Å². The summed E-state index contributed by atoms with van der Waals surface area (Å²) in [5, 5.41) is 8.74. The van der Waals surface area contributed by atoms with Crippen LogP contribution in [0.15, 0.2) is 18.2 Å². The molecule has 0 aliphatic carbocycles. The molecule has 1 aromatic carbocycles. The number of hydrogen-bond donors (Lipinski definition) is 1. The highest BCUT2D eigenvalue weighted by Gasteiger charge is 2.24. The zero-order chi connectivity index (χ0) is 14.7. The van der Waals surface area contributed by atoms with Crippen molar-refractivity contribution in [1.82, 2.24) is 9.80 Å². The molecule has 0 radical (unpaired) electrons. The van der Waals surface area contributed by atoms with Gasteiger partial charge in [0.25, 0.3) is 0 Å². The lowest BCUT2D eigenvalue weighted by Gasteiger charge is -2.37. The van der Waals surface area contributed by atoms with E-state index in [0.717, 1.165) is 12.1 Å². The molecule has 1 fully saturated rings. The number of benzene rings is 1. The number of piperazine rings is 1. The van der Waals surface area contributed by atoms with Gasteiger partial charge < -0.3 is 5.11 Å². The van der Waals surface area contributed by atoms with Crippen LogP contribution in [0.2, 0.25) is 0 Å². The van der Waals surface area contributed by atoms with Crippen molar-refractivity contribution in [2.75, 3.05) is 32.7 Å². The molecule has 110 valence electrons. The first-order valence-electron chi connectivity index (χ1n) is 6.60. The summed E-state index contributed by atoms with van der Waals surface area (Å²) < 4.78 is 27.0. The smallest absolute Gasteiger partial charge is 0.317 e. The second-order valence-electron chi connectivity index (χ2n) is 5.05. The van der Waals surface area contributed by atoms with Crippen LogP contribution < -0.4 is 0 Å². The number of rotatable bonds is 4.